The van der Waals surface area contributed by atoms with E-state index in [-0.39, 0.29) is 0 Å². The van der Waals surface area contributed by atoms with Crippen molar-refractivity contribution in [3.63, 3.8) is 0 Å². The van der Waals surface area contributed by atoms with Gasteiger partial charge in [-0.2, -0.15) is 0 Å². The summed E-state index contributed by atoms with van der Waals surface area (Å²) in [7, 11) is 0. The summed E-state index contributed by atoms with van der Waals surface area (Å²) in [6.07, 6.45) is 11.4. The van der Waals surface area contributed by atoms with Gasteiger partial charge in [0.05, 0.1) is 0 Å². The maximum Gasteiger partial charge on any atom is 0.00774 e. The molecule has 1 aliphatic rings. The maximum atomic E-state index is 3.54. The standard InChI is InChI=1S/C18H31NS/c1-4-19-13-12-18(9-6-5-7-10-18)11-8-17-15(2)14-16(3)20-17/h14,19H,4-13H2,1-3H3. The zero-order chi connectivity index (χ0) is 14.4. The van der Waals surface area contributed by atoms with Gasteiger partial charge in [-0.25, -0.2) is 0 Å². The van der Waals surface area contributed by atoms with E-state index < -0.39 is 0 Å². The molecule has 1 nitrogen and oxygen atoms in total. The van der Waals surface area contributed by atoms with E-state index >= 15 is 0 Å². The monoisotopic (exact) mass is 293 g/mol. The quantitative estimate of drug-likeness (QED) is 0.677. The molecule has 20 heavy (non-hydrogen) atoms. The summed E-state index contributed by atoms with van der Waals surface area (Å²) in [5.41, 5.74) is 2.15. The minimum Gasteiger partial charge on any atom is -0.317 e. The number of hydrogen-bond donors (Lipinski definition) is 1. The van der Waals surface area contributed by atoms with Crippen molar-refractivity contribution in [1.29, 1.82) is 0 Å². The molecule has 0 aromatic carbocycles. The Hall–Kier alpha value is -0.340. The zero-order valence-electron chi connectivity index (χ0n) is 13.6. The Morgan fingerprint density at radius 2 is 1.90 bits per heavy atom. The van der Waals surface area contributed by atoms with Gasteiger partial charge in [-0.15, -0.1) is 11.3 Å². The summed E-state index contributed by atoms with van der Waals surface area (Å²) in [6, 6.07) is 2.35. The molecule has 0 aliphatic heterocycles. The minimum atomic E-state index is 0.630. The molecule has 114 valence electrons. The second-order valence-corrected chi connectivity index (χ2v) is 7.97. The predicted octanol–water partition coefficient (Wildman–Crippen LogP) is 5.25. The van der Waals surface area contributed by atoms with Crippen LogP contribution in [0.4, 0.5) is 0 Å². The van der Waals surface area contributed by atoms with Gasteiger partial charge < -0.3 is 5.32 Å². The largest absolute Gasteiger partial charge is 0.317 e. The van der Waals surface area contributed by atoms with Gasteiger partial charge >= 0.3 is 0 Å². The van der Waals surface area contributed by atoms with Gasteiger partial charge in [0.25, 0.3) is 0 Å². The third-order valence-corrected chi connectivity index (χ3v) is 6.23. The lowest BCUT2D eigenvalue weighted by molar-refractivity contribution is 0.157. The number of aryl methyl sites for hydroxylation is 3. The molecule has 2 rings (SSSR count). The Morgan fingerprint density at radius 3 is 2.50 bits per heavy atom. The molecule has 0 amide bonds. The summed E-state index contributed by atoms with van der Waals surface area (Å²) in [6.45, 7) is 9.05. The van der Waals surface area contributed by atoms with Crippen LogP contribution in [-0.4, -0.2) is 13.1 Å². The van der Waals surface area contributed by atoms with Crippen molar-refractivity contribution in [3.05, 3.63) is 21.4 Å². The van der Waals surface area contributed by atoms with Gasteiger partial charge in [0, 0.05) is 9.75 Å². The minimum absolute atomic E-state index is 0.630. The maximum absolute atomic E-state index is 3.54. The molecule has 1 N–H and O–H groups in total. The molecule has 2 heteroatoms. The molecule has 0 atom stereocenters. The van der Waals surface area contributed by atoms with Crippen molar-refractivity contribution >= 4 is 11.3 Å². The van der Waals surface area contributed by atoms with Crippen LogP contribution in [0.3, 0.4) is 0 Å². The fraction of sp³-hybridized carbons (Fsp3) is 0.778. The first kappa shape index (κ1) is 16.0. The topological polar surface area (TPSA) is 12.0 Å². The number of rotatable bonds is 7. The molecule has 0 unspecified atom stereocenters. The molecule has 0 radical (unpaired) electrons. The van der Waals surface area contributed by atoms with E-state index in [0.717, 1.165) is 6.54 Å². The number of thiophene rings is 1. The molecule has 1 heterocycles. The first-order valence-electron chi connectivity index (χ1n) is 8.42. The highest BCUT2D eigenvalue weighted by Gasteiger charge is 2.31. The van der Waals surface area contributed by atoms with Crippen molar-refractivity contribution in [1.82, 2.24) is 5.32 Å². The van der Waals surface area contributed by atoms with Crippen LogP contribution in [0, 0.1) is 19.3 Å². The second-order valence-electron chi connectivity index (χ2n) is 6.63. The van der Waals surface area contributed by atoms with Crippen molar-refractivity contribution in [3.8, 4) is 0 Å². The van der Waals surface area contributed by atoms with Gasteiger partial charge in [-0.05, 0) is 76.1 Å². The Balaban J connectivity index is 1.94. The van der Waals surface area contributed by atoms with Gasteiger partial charge in [-0.3, -0.25) is 0 Å². The fourth-order valence-electron chi connectivity index (χ4n) is 3.77. The highest BCUT2D eigenvalue weighted by Crippen LogP contribution is 2.43. The van der Waals surface area contributed by atoms with Crippen LogP contribution in [-0.2, 0) is 6.42 Å². The smallest absolute Gasteiger partial charge is 0.00774 e. The van der Waals surface area contributed by atoms with E-state index in [1.807, 2.05) is 11.3 Å². The lowest BCUT2D eigenvalue weighted by Gasteiger charge is -2.38. The first-order chi connectivity index (χ1) is 9.65. The molecule has 1 aromatic heterocycles. The fourth-order valence-corrected chi connectivity index (χ4v) is 4.82. The lowest BCUT2D eigenvalue weighted by atomic mass is 9.69. The van der Waals surface area contributed by atoms with Crippen molar-refractivity contribution in [2.75, 3.05) is 13.1 Å². The normalized spacial score (nSPS) is 18.4. The highest BCUT2D eigenvalue weighted by atomic mass is 32.1. The molecule has 1 saturated carbocycles. The summed E-state index contributed by atoms with van der Waals surface area (Å²) < 4.78 is 0. The Bertz CT molecular complexity index is 402. The predicted molar refractivity (Wildman–Crippen MR) is 90.8 cm³/mol. The molecule has 0 saturated heterocycles. The first-order valence-corrected chi connectivity index (χ1v) is 9.23. The van der Waals surface area contributed by atoms with Crippen LogP contribution >= 0.6 is 11.3 Å². The Labute approximate surface area is 129 Å². The molecule has 0 spiro atoms. The van der Waals surface area contributed by atoms with Crippen LogP contribution in [0.1, 0.15) is 67.2 Å². The molecule has 1 aliphatic carbocycles. The molecule has 1 aromatic rings. The Kier molecular flexibility index (Phi) is 6.10. The molecular formula is C18H31NS. The summed E-state index contributed by atoms with van der Waals surface area (Å²) >= 11 is 2.01. The SMILES string of the molecule is CCNCCC1(CCc2sc(C)cc2C)CCCCC1. The van der Waals surface area contributed by atoms with E-state index in [9.17, 15) is 0 Å². The van der Waals surface area contributed by atoms with Crippen LogP contribution in [0.2, 0.25) is 0 Å². The molecule has 1 fully saturated rings. The Morgan fingerprint density at radius 1 is 1.15 bits per heavy atom. The van der Waals surface area contributed by atoms with Crippen molar-refractivity contribution in [2.45, 2.75) is 72.1 Å². The molecule has 0 bridgehead atoms. The average Bonchev–Trinajstić information content (AvgIpc) is 2.76. The van der Waals surface area contributed by atoms with E-state index in [1.165, 1.54) is 68.4 Å². The summed E-state index contributed by atoms with van der Waals surface area (Å²) in [5.74, 6) is 0. The second kappa shape index (κ2) is 7.61. The zero-order valence-corrected chi connectivity index (χ0v) is 14.4. The average molecular weight is 294 g/mol. The van der Waals surface area contributed by atoms with E-state index in [2.05, 4.69) is 32.2 Å². The van der Waals surface area contributed by atoms with E-state index in [1.54, 1.807) is 4.88 Å². The van der Waals surface area contributed by atoms with Crippen molar-refractivity contribution in [2.24, 2.45) is 5.41 Å². The van der Waals surface area contributed by atoms with Crippen LogP contribution in [0.15, 0.2) is 6.07 Å². The van der Waals surface area contributed by atoms with E-state index in [4.69, 9.17) is 0 Å². The van der Waals surface area contributed by atoms with Gasteiger partial charge in [0.2, 0.25) is 0 Å². The number of nitrogens with one attached hydrogen (secondary N) is 1. The molecular weight excluding hydrogens is 262 g/mol. The van der Waals surface area contributed by atoms with Gasteiger partial charge in [0.1, 0.15) is 0 Å². The van der Waals surface area contributed by atoms with Gasteiger partial charge in [0.15, 0.2) is 0 Å². The van der Waals surface area contributed by atoms with Crippen LogP contribution in [0.5, 0.6) is 0 Å². The third-order valence-electron chi connectivity index (χ3n) is 5.02. The van der Waals surface area contributed by atoms with Crippen LogP contribution < -0.4 is 5.32 Å². The van der Waals surface area contributed by atoms with Crippen LogP contribution in [0.25, 0.3) is 0 Å². The summed E-state index contributed by atoms with van der Waals surface area (Å²) in [5, 5.41) is 3.54. The summed E-state index contributed by atoms with van der Waals surface area (Å²) in [4.78, 5) is 3.11. The van der Waals surface area contributed by atoms with E-state index in [0.29, 0.717) is 5.41 Å². The third kappa shape index (κ3) is 4.33. The highest BCUT2D eigenvalue weighted by molar-refractivity contribution is 7.12. The van der Waals surface area contributed by atoms with Crippen molar-refractivity contribution < 1.29 is 0 Å². The van der Waals surface area contributed by atoms with Gasteiger partial charge in [-0.1, -0.05) is 26.2 Å². The lowest BCUT2D eigenvalue weighted by Crippen LogP contribution is -2.29. The number of hydrogen-bond acceptors (Lipinski definition) is 2.